The van der Waals surface area contributed by atoms with E-state index < -0.39 is 0 Å². The Balaban J connectivity index is 0.00000156. The summed E-state index contributed by atoms with van der Waals surface area (Å²) in [7, 11) is 0. The number of aromatic amines is 1. The first-order valence-corrected chi connectivity index (χ1v) is 7.78. The number of rotatable bonds is 4. The molecule has 0 spiro atoms. The molecule has 6 nitrogen and oxygen atoms in total. The Kier molecular flexibility index (Phi) is 4.37. The van der Waals surface area contributed by atoms with Gasteiger partial charge in [-0.25, -0.2) is 4.98 Å². The van der Waals surface area contributed by atoms with E-state index in [1.165, 1.54) is 0 Å². The van der Waals surface area contributed by atoms with Crippen LogP contribution in [0.5, 0.6) is 0 Å². The molecule has 122 valence electrons. The molecular weight excluding hydrogens is 314 g/mol. The van der Waals surface area contributed by atoms with Gasteiger partial charge in [0.15, 0.2) is 5.82 Å². The SMILES string of the molecule is Cl.NC1(c2noc(CCc3nc4ccccc4[nH]3)n2)CCCC1. The zero-order valence-corrected chi connectivity index (χ0v) is 13.6. The molecule has 0 amide bonds. The van der Waals surface area contributed by atoms with Crippen LogP contribution in [0.25, 0.3) is 11.0 Å². The number of imidazole rings is 1. The molecule has 23 heavy (non-hydrogen) atoms. The van der Waals surface area contributed by atoms with Crippen molar-refractivity contribution < 1.29 is 4.52 Å². The lowest BCUT2D eigenvalue weighted by Crippen LogP contribution is -2.34. The maximum absolute atomic E-state index is 6.35. The molecule has 2 aromatic heterocycles. The molecule has 1 fully saturated rings. The third-order valence-corrected chi connectivity index (χ3v) is 4.42. The minimum atomic E-state index is -0.388. The van der Waals surface area contributed by atoms with Crippen molar-refractivity contribution in [2.24, 2.45) is 5.73 Å². The van der Waals surface area contributed by atoms with E-state index in [0.717, 1.165) is 49.0 Å². The number of fused-ring (bicyclic) bond motifs is 1. The van der Waals surface area contributed by atoms with E-state index >= 15 is 0 Å². The van der Waals surface area contributed by atoms with Gasteiger partial charge in [0.1, 0.15) is 5.82 Å². The van der Waals surface area contributed by atoms with Gasteiger partial charge < -0.3 is 15.2 Å². The van der Waals surface area contributed by atoms with Gasteiger partial charge in [0.05, 0.1) is 16.6 Å². The van der Waals surface area contributed by atoms with Gasteiger partial charge in [0.25, 0.3) is 0 Å². The molecule has 1 aliphatic carbocycles. The van der Waals surface area contributed by atoms with Gasteiger partial charge in [-0.05, 0) is 25.0 Å². The number of hydrogen-bond acceptors (Lipinski definition) is 5. The van der Waals surface area contributed by atoms with Crippen LogP contribution in [0.1, 0.15) is 43.2 Å². The standard InChI is InChI=1S/C16H19N5O.ClH/c17-16(9-3-4-10-16)15-20-14(22-21-15)8-7-13-18-11-5-1-2-6-12(11)19-13;/h1-2,5-6H,3-4,7-10,17H2,(H,18,19);1H. The Morgan fingerprint density at radius 1 is 1.13 bits per heavy atom. The Bertz CT molecular complexity index is 757. The summed E-state index contributed by atoms with van der Waals surface area (Å²) < 4.78 is 5.36. The summed E-state index contributed by atoms with van der Waals surface area (Å²) in [4.78, 5) is 12.4. The summed E-state index contributed by atoms with van der Waals surface area (Å²) in [5.74, 6) is 2.22. The molecule has 7 heteroatoms. The van der Waals surface area contributed by atoms with E-state index in [4.69, 9.17) is 10.3 Å². The van der Waals surface area contributed by atoms with Crippen LogP contribution in [0.4, 0.5) is 0 Å². The zero-order chi connectivity index (χ0) is 15.0. The summed E-state index contributed by atoms with van der Waals surface area (Å²) in [6.45, 7) is 0. The maximum Gasteiger partial charge on any atom is 0.227 e. The van der Waals surface area contributed by atoms with Crippen molar-refractivity contribution in [2.75, 3.05) is 0 Å². The van der Waals surface area contributed by atoms with Crippen LogP contribution in [0.3, 0.4) is 0 Å². The average Bonchev–Trinajstić information content (AvgIpc) is 3.24. The van der Waals surface area contributed by atoms with Crippen molar-refractivity contribution in [3.63, 3.8) is 0 Å². The molecule has 0 bridgehead atoms. The van der Waals surface area contributed by atoms with E-state index in [-0.39, 0.29) is 17.9 Å². The van der Waals surface area contributed by atoms with Gasteiger partial charge in [-0.15, -0.1) is 12.4 Å². The highest BCUT2D eigenvalue weighted by atomic mass is 35.5. The Morgan fingerprint density at radius 2 is 1.91 bits per heavy atom. The number of aromatic nitrogens is 4. The fraction of sp³-hybridized carbons (Fsp3) is 0.438. The monoisotopic (exact) mass is 333 g/mol. The molecule has 2 heterocycles. The summed E-state index contributed by atoms with van der Waals surface area (Å²) in [5, 5.41) is 4.08. The zero-order valence-electron chi connectivity index (χ0n) is 12.8. The molecule has 1 aromatic carbocycles. The maximum atomic E-state index is 6.35. The Labute approximate surface area is 140 Å². The number of H-pyrrole nitrogens is 1. The van der Waals surface area contributed by atoms with Crippen molar-refractivity contribution in [1.82, 2.24) is 20.1 Å². The van der Waals surface area contributed by atoms with Crippen molar-refractivity contribution in [3.05, 3.63) is 41.8 Å². The van der Waals surface area contributed by atoms with Crippen LogP contribution in [0.2, 0.25) is 0 Å². The number of benzene rings is 1. The van der Waals surface area contributed by atoms with Crippen molar-refractivity contribution in [3.8, 4) is 0 Å². The Hall–Kier alpha value is -1.92. The molecular formula is C16H20ClN5O. The molecule has 3 N–H and O–H groups in total. The van der Waals surface area contributed by atoms with E-state index in [1.807, 2.05) is 24.3 Å². The van der Waals surface area contributed by atoms with Gasteiger partial charge in [0, 0.05) is 12.8 Å². The first-order valence-electron chi connectivity index (χ1n) is 7.78. The Morgan fingerprint density at radius 3 is 2.70 bits per heavy atom. The number of aryl methyl sites for hydroxylation is 2. The third-order valence-electron chi connectivity index (χ3n) is 4.42. The van der Waals surface area contributed by atoms with Crippen LogP contribution >= 0.6 is 12.4 Å². The quantitative estimate of drug-likeness (QED) is 0.765. The van der Waals surface area contributed by atoms with Crippen LogP contribution in [0.15, 0.2) is 28.8 Å². The van der Waals surface area contributed by atoms with E-state index in [2.05, 4.69) is 20.1 Å². The lowest BCUT2D eigenvalue weighted by atomic mass is 9.99. The molecule has 4 rings (SSSR count). The minimum absolute atomic E-state index is 0. The first kappa shape index (κ1) is 16.0. The summed E-state index contributed by atoms with van der Waals surface area (Å²) in [6, 6.07) is 8.00. The van der Waals surface area contributed by atoms with E-state index in [9.17, 15) is 0 Å². The van der Waals surface area contributed by atoms with Crippen LogP contribution in [-0.4, -0.2) is 20.1 Å². The molecule has 1 saturated carbocycles. The molecule has 0 unspecified atom stereocenters. The number of para-hydroxylation sites is 2. The fourth-order valence-corrected chi connectivity index (χ4v) is 3.14. The van der Waals surface area contributed by atoms with Crippen LogP contribution in [-0.2, 0) is 18.4 Å². The van der Waals surface area contributed by atoms with Gasteiger partial charge in [-0.3, -0.25) is 0 Å². The number of nitrogens with two attached hydrogens (primary N) is 1. The van der Waals surface area contributed by atoms with Crippen molar-refractivity contribution in [2.45, 2.75) is 44.1 Å². The summed E-state index contributed by atoms with van der Waals surface area (Å²) in [6.07, 6.45) is 5.57. The van der Waals surface area contributed by atoms with Crippen molar-refractivity contribution >= 4 is 23.4 Å². The first-order chi connectivity index (χ1) is 10.7. The summed E-state index contributed by atoms with van der Waals surface area (Å²) >= 11 is 0. The highest BCUT2D eigenvalue weighted by Gasteiger charge is 2.35. The smallest absolute Gasteiger partial charge is 0.227 e. The van der Waals surface area contributed by atoms with Gasteiger partial charge in [-0.2, -0.15) is 4.98 Å². The highest BCUT2D eigenvalue weighted by molar-refractivity contribution is 5.85. The van der Waals surface area contributed by atoms with E-state index in [1.54, 1.807) is 0 Å². The van der Waals surface area contributed by atoms with Gasteiger partial charge in [-0.1, -0.05) is 30.1 Å². The second-order valence-electron chi connectivity index (χ2n) is 6.08. The lowest BCUT2D eigenvalue weighted by molar-refractivity contribution is 0.348. The molecule has 0 atom stereocenters. The topological polar surface area (TPSA) is 93.6 Å². The predicted molar refractivity (Wildman–Crippen MR) is 89.4 cm³/mol. The van der Waals surface area contributed by atoms with E-state index in [0.29, 0.717) is 18.1 Å². The number of nitrogens with one attached hydrogen (secondary N) is 1. The summed E-state index contributed by atoms with van der Waals surface area (Å²) in [5.41, 5.74) is 7.99. The minimum Gasteiger partial charge on any atom is -0.342 e. The third kappa shape index (κ3) is 3.09. The van der Waals surface area contributed by atoms with Gasteiger partial charge in [0.2, 0.25) is 5.89 Å². The second-order valence-corrected chi connectivity index (χ2v) is 6.08. The lowest BCUT2D eigenvalue weighted by Gasteiger charge is -2.17. The average molecular weight is 334 g/mol. The molecule has 0 aliphatic heterocycles. The van der Waals surface area contributed by atoms with Crippen LogP contribution < -0.4 is 5.73 Å². The largest absolute Gasteiger partial charge is 0.342 e. The van der Waals surface area contributed by atoms with Gasteiger partial charge >= 0.3 is 0 Å². The number of halogens is 1. The second kappa shape index (κ2) is 6.29. The molecule has 3 aromatic rings. The molecule has 0 saturated heterocycles. The van der Waals surface area contributed by atoms with Crippen LogP contribution in [0, 0.1) is 0 Å². The number of nitrogens with zero attached hydrogens (tertiary/aromatic N) is 3. The molecule has 1 aliphatic rings. The normalized spacial score (nSPS) is 16.6. The predicted octanol–water partition coefficient (Wildman–Crippen LogP) is 2.88. The molecule has 0 radical (unpaired) electrons. The van der Waals surface area contributed by atoms with Crippen molar-refractivity contribution in [1.29, 1.82) is 0 Å². The highest BCUT2D eigenvalue weighted by Crippen LogP contribution is 2.34. The fourth-order valence-electron chi connectivity index (χ4n) is 3.14. The number of hydrogen-bond donors (Lipinski definition) is 2.